The second-order valence-electron chi connectivity index (χ2n) is 5.24. The van der Waals surface area contributed by atoms with Crippen molar-refractivity contribution in [2.24, 2.45) is 0 Å². The Morgan fingerprint density at radius 3 is 2.54 bits per heavy atom. The van der Waals surface area contributed by atoms with Crippen LogP contribution in [0.2, 0.25) is 0 Å². The van der Waals surface area contributed by atoms with E-state index < -0.39 is 0 Å². The Bertz CT molecular complexity index is 865. The molecular weight excluding hydrogens is 307 g/mol. The molecule has 1 heterocycles. The fraction of sp³-hybridized carbons (Fsp3) is 0.0556. The quantitative estimate of drug-likeness (QED) is 0.764. The second kappa shape index (κ2) is 6.87. The largest absolute Gasteiger partial charge is 0.340 e. The minimum atomic E-state index is -0.355. The first-order chi connectivity index (χ1) is 11.6. The third-order valence-corrected chi connectivity index (χ3v) is 3.31. The summed E-state index contributed by atoms with van der Waals surface area (Å²) in [4.78, 5) is 20.3. The van der Waals surface area contributed by atoms with E-state index in [1.807, 2.05) is 31.2 Å². The second-order valence-corrected chi connectivity index (χ2v) is 5.24. The Balaban J connectivity index is 1.74. The van der Waals surface area contributed by atoms with Gasteiger partial charge in [-0.15, -0.1) is 0 Å². The molecule has 2 N–H and O–H groups in total. The minimum Gasteiger partial charge on any atom is -0.340 e. The Labute approximate surface area is 138 Å². The van der Waals surface area contributed by atoms with Gasteiger partial charge in [-0.05, 0) is 37.3 Å². The molecule has 0 unspecified atom stereocenters. The van der Waals surface area contributed by atoms with Crippen molar-refractivity contribution in [2.45, 2.75) is 6.92 Å². The number of aryl methyl sites for hydroxylation is 1. The predicted octanol–water partition coefficient (Wildman–Crippen LogP) is 3.92. The van der Waals surface area contributed by atoms with E-state index in [4.69, 9.17) is 0 Å². The summed E-state index contributed by atoms with van der Waals surface area (Å²) in [6.07, 6.45) is 1.28. The fourth-order valence-corrected chi connectivity index (χ4v) is 2.10. The van der Waals surface area contributed by atoms with Gasteiger partial charge in [0.05, 0.1) is 0 Å². The summed E-state index contributed by atoms with van der Waals surface area (Å²) in [5.41, 5.74) is 2.54. The molecule has 0 aliphatic rings. The summed E-state index contributed by atoms with van der Waals surface area (Å²) in [5.74, 6) is -0.292. The molecule has 0 bridgehead atoms. The van der Waals surface area contributed by atoms with Crippen LogP contribution in [0.25, 0.3) is 0 Å². The van der Waals surface area contributed by atoms with Crippen molar-refractivity contribution in [3.8, 4) is 0 Å². The highest BCUT2D eigenvalue weighted by Crippen LogP contribution is 2.16. The lowest BCUT2D eigenvalue weighted by molar-refractivity contribution is 0.102. The maximum Gasteiger partial charge on any atom is 0.274 e. The number of rotatable bonds is 4. The highest BCUT2D eigenvalue weighted by Gasteiger charge is 2.09. The van der Waals surface area contributed by atoms with Crippen molar-refractivity contribution in [3.05, 3.63) is 78.0 Å². The molecule has 0 fully saturated rings. The number of benzene rings is 2. The highest BCUT2D eigenvalue weighted by molar-refractivity contribution is 6.03. The molecule has 0 spiro atoms. The van der Waals surface area contributed by atoms with Crippen LogP contribution < -0.4 is 10.6 Å². The van der Waals surface area contributed by atoms with E-state index in [0.29, 0.717) is 17.2 Å². The zero-order valence-electron chi connectivity index (χ0n) is 13.0. The Kier molecular flexibility index (Phi) is 4.47. The van der Waals surface area contributed by atoms with Gasteiger partial charge in [-0.3, -0.25) is 4.79 Å². The zero-order chi connectivity index (χ0) is 16.9. The number of carbonyl (C=O) groups is 1. The Morgan fingerprint density at radius 2 is 1.79 bits per heavy atom. The van der Waals surface area contributed by atoms with Gasteiger partial charge in [-0.1, -0.05) is 23.8 Å². The van der Waals surface area contributed by atoms with Crippen LogP contribution in [0.5, 0.6) is 0 Å². The topological polar surface area (TPSA) is 66.9 Å². The molecule has 5 nitrogen and oxygen atoms in total. The Hall–Kier alpha value is -3.28. The van der Waals surface area contributed by atoms with E-state index in [-0.39, 0.29) is 17.4 Å². The molecule has 3 aromatic rings. The van der Waals surface area contributed by atoms with Gasteiger partial charge in [0.1, 0.15) is 23.7 Å². The van der Waals surface area contributed by atoms with Gasteiger partial charge in [0.2, 0.25) is 0 Å². The van der Waals surface area contributed by atoms with E-state index in [1.54, 1.807) is 12.1 Å². The zero-order valence-corrected chi connectivity index (χ0v) is 13.0. The lowest BCUT2D eigenvalue weighted by atomic mass is 10.2. The molecule has 3 rings (SSSR count). The highest BCUT2D eigenvalue weighted by atomic mass is 19.1. The summed E-state index contributed by atoms with van der Waals surface area (Å²) >= 11 is 0. The van der Waals surface area contributed by atoms with Gasteiger partial charge in [-0.2, -0.15) is 0 Å². The van der Waals surface area contributed by atoms with Crippen LogP contribution in [0.4, 0.5) is 21.6 Å². The molecule has 0 aliphatic carbocycles. The van der Waals surface area contributed by atoms with Crippen LogP contribution in [-0.4, -0.2) is 15.9 Å². The minimum absolute atomic E-state index is 0.212. The van der Waals surface area contributed by atoms with Crippen molar-refractivity contribution >= 4 is 23.1 Å². The van der Waals surface area contributed by atoms with E-state index in [1.165, 1.54) is 24.5 Å². The van der Waals surface area contributed by atoms with Crippen LogP contribution in [-0.2, 0) is 0 Å². The normalized spacial score (nSPS) is 10.2. The average Bonchev–Trinajstić information content (AvgIpc) is 2.57. The third-order valence-electron chi connectivity index (χ3n) is 3.31. The molecule has 1 aromatic heterocycles. The summed E-state index contributed by atoms with van der Waals surface area (Å²) in [6.45, 7) is 1.97. The summed E-state index contributed by atoms with van der Waals surface area (Å²) in [5, 5.41) is 5.71. The third kappa shape index (κ3) is 3.92. The summed E-state index contributed by atoms with van der Waals surface area (Å²) in [6, 6.07) is 15.0. The van der Waals surface area contributed by atoms with Gasteiger partial charge in [0.15, 0.2) is 0 Å². The number of aromatic nitrogens is 2. The smallest absolute Gasteiger partial charge is 0.274 e. The van der Waals surface area contributed by atoms with Crippen molar-refractivity contribution in [3.63, 3.8) is 0 Å². The molecule has 0 saturated carbocycles. The molecule has 0 aliphatic heterocycles. The SMILES string of the molecule is Cc1ccc(NC(=O)c2cc(Nc3cccc(F)c3)ncn2)cc1. The number of halogens is 1. The molecule has 0 saturated heterocycles. The van der Waals surface area contributed by atoms with E-state index in [9.17, 15) is 9.18 Å². The van der Waals surface area contributed by atoms with E-state index in [0.717, 1.165) is 5.56 Å². The average molecular weight is 322 g/mol. The van der Waals surface area contributed by atoms with Crippen LogP contribution in [0.3, 0.4) is 0 Å². The predicted molar refractivity (Wildman–Crippen MR) is 90.8 cm³/mol. The van der Waals surface area contributed by atoms with Crippen molar-refractivity contribution in [1.82, 2.24) is 9.97 Å². The Morgan fingerprint density at radius 1 is 1.00 bits per heavy atom. The van der Waals surface area contributed by atoms with Crippen LogP contribution in [0.15, 0.2) is 60.9 Å². The first kappa shape index (κ1) is 15.6. The molecular formula is C18H15FN4O. The maximum absolute atomic E-state index is 13.2. The number of nitrogens with one attached hydrogen (secondary N) is 2. The standard InChI is InChI=1S/C18H15FN4O/c1-12-5-7-14(8-6-12)23-18(24)16-10-17(21-11-20-16)22-15-4-2-3-13(19)9-15/h2-11H,1H3,(H,23,24)(H,20,21,22). The lowest BCUT2D eigenvalue weighted by Crippen LogP contribution is -2.14. The first-order valence-corrected chi connectivity index (χ1v) is 7.33. The number of anilines is 3. The summed E-state index contributed by atoms with van der Waals surface area (Å²) in [7, 11) is 0. The van der Waals surface area contributed by atoms with Gasteiger partial charge < -0.3 is 10.6 Å². The number of carbonyl (C=O) groups excluding carboxylic acids is 1. The van der Waals surface area contributed by atoms with Crippen LogP contribution in [0.1, 0.15) is 16.1 Å². The van der Waals surface area contributed by atoms with Gasteiger partial charge in [0.25, 0.3) is 5.91 Å². The van der Waals surface area contributed by atoms with Gasteiger partial charge in [-0.25, -0.2) is 14.4 Å². The van der Waals surface area contributed by atoms with Crippen LogP contribution in [0, 0.1) is 12.7 Å². The van der Waals surface area contributed by atoms with E-state index in [2.05, 4.69) is 20.6 Å². The lowest BCUT2D eigenvalue weighted by Gasteiger charge is -2.08. The summed E-state index contributed by atoms with van der Waals surface area (Å²) < 4.78 is 13.2. The molecule has 1 amide bonds. The number of nitrogens with zero attached hydrogens (tertiary/aromatic N) is 2. The molecule has 6 heteroatoms. The van der Waals surface area contributed by atoms with Crippen molar-refractivity contribution < 1.29 is 9.18 Å². The van der Waals surface area contributed by atoms with Crippen LogP contribution >= 0.6 is 0 Å². The van der Waals surface area contributed by atoms with Gasteiger partial charge >= 0.3 is 0 Å². The number of amides is 1. The molecule has 24 heavy (non-hydrogen) atoms. The first-order valence-electron chi connectivity index (χ1n) is 7.33. The van der Waals surface area contributed by atoms with Crippen molar-refractivity contribution in [2.75, 3.05) is 10.6 Å². The molecule has 0 atom stereocenters. The molecule has 0 radical (unpaired) electrons. The molecule has 120 valence electrons. The monoisotopic (exact) mass is 322 g/mol. The van der Waals surface area contributed by atoms with E-state index >= 15 is 0 Å². The number of hydrogen-bond acceptors (Lipinski definition) is 4. The fourth-order valence-electron chi connectivity index (χ4n) is 2.10. The number of hydrogen-bond donors (Lipinski definition) is 2. The maximum atomic E-state index is 13.2. The molecule has 2 aromatic carbocycles. The van der Waals surface area contributed by atoms with Gasteiger partial charge in [0, 0.05) is 17.4 Å². The van der Waals surface area contributed by atoms with Crippen molar-refractivity contribution in [1.29, 1.82) is 0 Å².